The van der Waals surface area contributed by atoms with Crippen molar-refractivity contribution < 1.29 is 4.84 Å². The molecule has 0 radical (unpaired) electrons. The summed E-state index contributed by atoms with van der Waals surface area (Å²) in [6.45, 7) is 6.34. The largest absolute Gasteiger partial charge is 0.298 e. The van der Waals surface area contributed by atoms with E-state index >= 15 is 0 Å². The SMILES string of the molecule is CC#CCNOC(C)C. The van der Waals surface area contributed by atoms with Gasteiger partial charge in [-0.25, -0.2) is 0 Å². The number of hydrogen-bond acceptors (Lipinski definition) is 2. The van der Waals surface area contributed by atoms with Crippen LogP contribution in [0.15, 0.2) is 0 Å². The third-order valence-corrected chi connectivity index (χ3v) is 0.656. The molecule has 0 unspecified atom stereocenters. The summed E-state index contributed by atoms with van der Waals surface area (Å²) >= 11 is 0. The van der Waals surface area contributed by atoms with Crippen molar-refractivity contribution >= 4 is 0 Å². The van der Waals surface area contributed by atoms with Crippen molar-refractivity contribution in [2.24, 2.45) is 0 Å². The van der Waals surface area contributed by atoms with Gasteiger partial charge in [-0.15, -0.1) is 5.92 Å². The average molecular weight is 127 g/mol. The molecule has 1 N–H and O–H groups in total. The molecule has 0 aromatic heterocycles. The van der Waals surface area contributed by atoms with E-state index in [0.717, 1.165) is 0 Å². The molecule has 0 aliphatic heterocycles. The zero-order valence-electron chi connectivity index (χ0n) is 6.19. The van der Waals surface area contributed by atoms with E-state index in [4.69, 9.17) is 4.84 Å². The van der Waals surface area contributed by atoms with Gasteiger partial charge in [0.25, 0.3) is 0 Å². The molecule has 9 heavy (non-hydrogen) atoms. The minimum absolute atomic E-state index is 0.226. The molecule has 0 amide bonds. The summed E-state index contributed by atoms with van der Waals surface area (Å²) in [5.74, 6) is 5.57. The third-order valence-electron chi connectivity index (χ3n) is 0.656. The van der Waals surface area contributed by atoms with Gasteiger partial charge in [-0.1, -0.05) is 5.92 Å². The van der Waals surface area contributed by atoms with Crippen LogP contribution in [0.2, 0.25) is 0 Å². The highest BCUT2D eigenvalue weighted by molar-refractivity contribution is 4.95. The van der Waals surface area contributed by atoms with Gasteiger partial charge >= 0.3 is 0 Å². The Morgan fingerprint density at radius 2 is 2.22 bits per heavy atom. The minimum atomic E-state index is 0.226. The lowest BCUT2D eigenvalue weighted by atomic mass is 10.5. The quantitative estimate of drug-likeness (QED) is 0.346. The highest BCUT2D eigenvalue weighted by Crippen LogP contribution is 1.79. The summed E-state index contributed by atoms with van der Waals surface area (Å²) in [5.41, 5.74) is 2.71. The first kappa shape index (κ1) is 8.48. The highest BCUT2D eigenvalue weighted by atomic mass is 16.7. The standard InChI is InChI=1S/C7H13NO/c1-4-5-6-8-9-7(2)3/h7-8H,6H2,1-3H3. The van der Waals surface area contributed by atoms with E-state index in [1.807, 2.05) is 13.8 Å². The monoisotopic (exact) mass is 127 g/mol. The molecule has 0 aromatic carbocycles. The fourth-order valence-corrected chi connectivity index (χ4v) is 0.333. The van der Waals surface area contributed by atoms with E-state index in [-0.39, 0.29) is 6.10 Å². The average Bonchev–Trinajstić information content (AvgIpc) is 1.80. The second-order valence-electron chi connectivity index (χ2n) is 1.91. The Morgan fingerprint density at radius 1 is 1.56 bits per heavy atom. The third kappa shape index (κ3) is 7.48. The Labute approximate surface area is 56.5 Å². The summed E-state index contributed by atoms with van der Waals surface area (Å²) < 4.78 is 0. The molecular weight excluding hydrogens is 114 g/mol. The van der Waals surface area contributed by atoms with Crippen molar-refractivity contribution in [1.29, 1.82) is 0 Å². The number of hydrogen-bond donors (Lipinski definition) is 1. The van der Waals surface area contributed by atoms with Gasteiger partial charge in [-0.05, 0) is 20.8 Å². The summed E-state index contributed by atoms with van der Waals surface area (Å²) in [4.78, 5) is 4.99. The normalized spacial score (nSPS) is 8.89. The van der Waals surface area contributed by atoms with Crippen molar-refractivity contribution in [2.75, 3.05) is 6.54 Å². The lowest BCUT2D eigenvalue weighted by Gasteiger charge is -2.04. The maximum Gasteiger partial charge on any atom is 0.0821 e. The molecule has 0 aliphatic rings. The van der Waals surface area contributed by atoms with Crippen LogP contribution in [0.4, 0.5) is 0 Å². The molecule has 52 valence electrons. The Bertz CT molecular complexity index is 110. The van der Waals surface area contributed by atoms with E-state index in [2.05, 4.69) is 17.3 Å². The van der Waals surface area contributed by atoms with Gasteiger partial charge < -0.3 is 0 Å². The molecule has 0 saturated carbocycles. The van der Waals surface area contributed by atoms with Gasteiger partial charge in [-0.3, -0.25) is 4.84 Å². The van der Waals surface area contributed by atoms with Crippen molar-refractivity contribution in [3.05, 3.63) is 0 Å². The molecular formula is C7H13NO. The molecule has 0 aromatic rings. The first-order valence-electron chi connectivity index (χ1n) is 3.05. The zero-order valence-corrected chi connectivity index (χ0v) is 6.19. The first-order valence-corrected chi connectivity index (χ1v) is 3.05. The van der Waals surface area contributed by atoms with Crippen molar-refractivity contribution in [2.45, 2.75) is 26.9 Å². The topological polar surface area (TPSA) is 21.3 Å². The van der Waals surface area contributed by atoms with E-state index in [9.17, 15) is 0 Å². The Kier molecular flexibility index (Phi) is 5.29. The molecule has 2 nitrogen and oxygen atoms in total. The van der Waals surface area contributed by atoms with E-state index < -0.39 is 0 Å². The van der Waals surface area contributed by atoms with Crippen molar-refractivity contribution in [1.82, 2.24) is 5.48 Å². The van der Waals surface area contributed by atoms with Crippen LogP contribution in [0.3, 0.4) is 0 Å². The predicted molar refractivity (Wildman–Crippen MR) is 37.7 cm³/mol. The van der Waals surface area contributed by atoms with E-state index in [0.29, 0.717) is 6.54 Å². The van der Waals surface area contributed by atoms with Gasteiger partial charge in [0.15, 0.2) is 0 Å². The van der Waals surface area contributed by atoms with Gasteiger partial charge in [0.05, 0.1) is 12.6 Å². The molecule has 2 heteroatoms. The van der Waals surface area contributed by atoms with Crippen LogP contribution in [0.1, 0.15) is 20.8 Å². The number of hydroxylamine groups is 1. The van der Waals surface area contributed by atoms with E-state index in [1.165, 1.54) is 0 Å². The van der Waals surface area contributed by atoms with Crippen LogP contribution < -0.4 is 5.48 Å². The molecule has 0 heterocycles. The van der Waals surface area contributed by atoms with Gasteiger partial charge in [0.1, 0.15) is 0 Å². The lowest BCUT2D eigenvalue weighted by molar-refractivity contribution is 0.00245. The highest BCUT2D eigenvalue weighted by Gasteiger charge is 1.87. The maximum atomic E-state index is 4.99. The van der Waals surface area contributed by atoms with E-state index in [1.54, 1.807) is 6.92 Å². The summed E-state index contributed by atoms with van der Waals surface area (Å²) in [5, 5.41) is 0. The van der Waals surface area contributed by atoms with Gasteiger partial charge in [0, 0.05) is 0 Å². The molecule has 0 saturated heterocycles. The molecule has 0 fully saturated rings. The molecule has 0 bridgehead atoms. The Balaban J connectivity index is 2.98. The zero-order chi connectivity index (χ0) is 7.11. The van der Waals surface area contributed by atoms with Crippen molar-refractivity contribution in [3.63, 3.8) is 0 Å². The fourth-order valence-electron chi connectivity index (χ4n) is 0.333. The minimum Gasteiger partial charge on any atom is -0.298 e. The van der Waals surface area contributed by atoms with Crippen LogP contribution in [-0.2, 0) is 4.84 Å². The lowest BCUT2D eigenvalue weighted by Crippen LogP contribution is -2.19. The summed E-state index contributed by atoms with van der Waals surface area (Å²) in [6, 6.07) is 0. The predicted octanol–water partition coefficient (Wildman–Crippen LogP) is 0.939. The Morgan fingerprint density at radius 3 is 2.67 bits per heavy atom. The number of nitrogens with one attached hydrogen (secondary N) is 1. The molecule has 0 rings (SSSR count). The van der Waals surface area contributed by atoms with Crippen LogP contribution in [0, 0.1) is 11.8 Å². The van der Waals surface area contributed by atoms with Gasteiger partial charge in [0.2, 0.25) is 0 Å². The molecule has 0 atom stereocenters. The van der Waals surface area contributed by atoms with Crippen molar-refractivity contribution in [3.8, 4) is 11.8 Å². The fraction of sp³-hybridized carbons (Fsp3) is 0.714. The molecule has 0 aliphatic carbocycles. The van der Waals surface area contributed by atoms with Crippen LogP contribution >= 0.6 is 0 Å². The second kappa shape index (κ2) is 5.61. The van der Waals surface area contributed by atoms with Gasteiger partial charge in [-0.2, -0.15) is 5.48 Å². The smallest absolute Gasteiger partial charge is 0.0821 e. The van der Waals surface area contributed by atoms with Crippen LogP contribution in [0.5, 0.6) is 0 Å². The maximum absolute atomic E-state index is 4.99. The summed E-state index contributed by atoms with van der Waals surface area (Å²) in [6.07, 6.45) is 0.226. The number of rotatable bonds is 3. The second-order valence-corrected chi connectivity index (χ2v) is 1.91. The molecule has 0 spiro atoms. The van der Waals surface area contributed by atoms with Crippen LogP contribution in [0.25, 0.3) is 0 Å². The first-order chi connectivity index (χ1) is 4.27. The van der Waals surface area contributed by atoms with Crippen LogP contribution in [-0.4, -0.2) is 12.6 Å². The Hall–Kier alpha value is -0.520. The summed E-state index contributed by atoms with van der Waals surface area (Å²) in [7, 11) is 0.